The molecule has 0 spiro atoms. The van der Waals surface area contributed by atoms with Crippen LogP contribution in [0.15, 0.2) is 30.3 Å². The highest BCUT2D eigenvalue weighted by atomic mass is 31.2. The summed E-state index contributed by atoms with van der Waals surface area (Å²) in [5.41, 5.74) is 0.469. The van der Waals surface area contributed by atoms with E-state index in [1.807, 2.05) is 30.3 Å². The Kier molecular flexibility index (Phi) is 3.62. The van der Waals surface area contributed by atoms with Gasteiger partial charge in [-0.3, -0.25) is 9.36 Å². The highest BCUT2D eigenvalue weighted by molar-refractivity contribution is 7.75. The van der Waals surface area contributed by atoms with Crippen molar-refractivity contribution < 1.29 is 13.9 Å². The lowest BCUT2D eigenvalue weighted by molar-refractivity contribution is -0.110. The molecule has 0 radical (unpaired) electrons. The van der Waals surface area contributed by atoms with Crippen LogP contribution in [0.2, 0.25) is 0 Å². The third-order valence-corrected chi connectivity index (χ3v) is 4.34. The van der Waals surface area contributed by atoms with Gasteiger partial charge in [-0.1, -0.05) is 30.3 Å². The fraction of sp³-hybridized carbons (Fsp3) is 0.300. The number of rotatable bonds is 4. The molecule has 0 aliphatic heterocycles. The van der Waals surface area contributed by atoms with Crippen LogP contribution in [-0.4, -0.2) is 12.6 Å². The first-order valence-electron chi connectivity index (χ1n) is 4.28. The van der Waals surface area contributed by atoms with E-state index in [2.05, 4.69) is 0 Å². The van der Waals surface area contributed by atoms with Gasteiger partial charge in [0.15, 0.2) is 0 Å². The van der Waals surface area contributed by atoms with E-state index in [1.54, 1.807) is 0 Å². The molecular weight excluding hydrogens is 199 g/mol. The highest BCUT2D eigenvalue weighted by Gasteiger charge is 2.27. The SMILES string of the molecule is COP(=O)(Cc1ccccc1)C(C)=O. The van der Waals surface area contributed by atoms with Crippen LogP contribution in [0, 0.1) is 0 Å². The maximum absolute atomic E-state index is 11.9. The Balaban J connectivity index is 2.87. The zero-order valence-corrected chi connectivity index (χ0v) is 9.16. The summed E-state index contributed by atoms with van der Waals surface area (Å²) in [7, 11) is -1.82. The van der Waals surface area contributed by atoms with E-state index < -0.39 is 7.37 Å². The lowest BCUT2D eigenvalue weighted by atomic mass is 10.2. The first kappa shape index (κ1) is 11.2. The first-order chi connectivity index (χ1) is 6.58. The molecule has 1 aromatic carbocycles. The summed E-state index contributed by atoms with van der Waals surface area (Å²) in [5, 5.41) is 0. The van der Waals surface area contributed by atoms with Crippen molar-refractivity contribution >= 4 is 12.9 Å². The Morgan fingerprint density at radius 1 is 1.36 bits per heavy atom. The molecule has 14 heavy (non-hydrogen) atoms. The van der Waals surface area contributed by atoms with E-state index in [0.29, 0.717) is 0 Å². The fourth-order valence-corrected chi connectivity index (χ4v) is 2.43. The average Bonchev–Trinajstić information content (AvgIpc) is 2.19. The molecule has 0 aliphatic rings. The number of benzene rings is 1. The predicted octanol–water partition coefficient (Wildman–Crippen LogP) is 2.66. The molecule has 0 saturated carbocycles. The standard InChI is InChI=1S/C10H13O3P/c1-9(11)14(12,13-2)8-10-6-4-3-5-7-10/h3-7H,8H2,1-2H3. The van der Waals surface area contributed by atoms with E-state index in [-0.39, 0.29) is 11.7 Å². The van der Waals surface area contributed by atoms with E-state index in [4.69, 9.17) is 4.52 Å². The molecule has 1 aromatic rings. The van der Waals surface area contributed by atoms with Gasteiger partial charge in [0.1, 0.15) is 0 Å². The molecule has 76 valence electrons. The van der Waals surface area contributed by atoms with Crippen molar-refractivity contribution in [2.24, 2.45) is 0 Å². The predicted molar refractivity (Wildman–Crippen MR) is 55.4 cm³/mol. The molecule has 1 unspecified atom stereocenters. The summed E-state index contributed by atoms with van der Waals surface area (Å²) in [5.74, 6) is 0. The van der Waals surface area contributed by atoms with E-state index >= 15 is 0 Å². The van der Waals surface area contributed by atoms with Crippen LogP contribution in [0.25, 0.3) is 0 Å². The summed E-state index contributed by atoms with van der Waals surface area (Å²) >= 11 is 0. The molecule has 0 heterocycles. The van der Waals surface area contributed by atoms with Crippen molar-refractivity contribution in [2.45, 2.75) is 13.1 Å². The minimum atomic E-state index is -3.13. The van der Waals surface area contributed by atoms with Gasteiger partial charge in [0.2, 0.25) is 5.52 Å². The maximum Gasteiger partial charge on any atom is 0.270 e. The number of carbonyl (C=O) groups excluding carboxylic acids is 1. The molecule has 0 amide bonds. The molecule has 0 bridgehead atoms. The Morgan fingerprint density at radius 3 is 2.36 bits per heavy atom. The van der Waals surface area contributed by atoms with E-state index in [1.165, 1.54) is 14.0 Å². The van der Waals surface area contributed by atoms with Crippen LogP contribution < -0.4 is 0 Å². The second-order valence-corrected chi connectivity index (χ2v) is 5.68. The first-order valence-corrected chi connectivity index (χ1v) is 6.09. The van der Waals surface area contributed by atoms with Crippen LogP contribution in [0.5, 0.6) is 0 Å². The molecular formula is C10H13O3P. The monoisotopic (exact) mass is 212 g/mol. The molecule has 0 N–H and O–H groups in total. The summed E-state index contributed by atoms with van der Waals surface area (Å²) < 4.78 is 16.7. The van der Waals surface area contributed by atoms with Gasteiger partial charge in [-0.15, -0.1) is 0 Å². The Hall–Kier alpha value is -0.920. The van der Waals surface area contributed by atoms with Gasteiger partial charge in [0.25, 0.3) is 7.37 Å². The molecule has 0 saturated heterocycles. The second kappa shape index (κ2) is 4.54. The van der Waals surface area contributed by atoms with Crippen molar-refractivity contribution in [1.82, 2.24) is 0 Å². The number of carbonyl (C=O) groups is 1. The van der Waals surface area contributed by atoms with Crippen LogP contribution in [-0.2, 0) is 20.0 Å². The van der Waals surface area contributed by atoms with Crippen molar-refractivity contribution in [2.75, 3.05) is 7.11 Å². The average molecular weight is 212 g/mol. The van der Waals surface area contributed by atoms with Crippen molar-refractivity contribution in [3.63, 3.8) is 0 Å². The zero-order valence-electron chi connectivity index (χ0n) is 8.27. The third kappa shape index (κ3) is 2.53. The van der Waals surface area contributed by atoms with Gasteiger partial charge >= 0.3 is 0 Å². The zero-order chi connectivity index (χ0) is 10.6. The number of hydrogen-bond donors (Lipinski definition) is 0. The Labute approximate surface area is 83.5 Å². The lowest BCUT2D eigenvalue weighted by Gasteiger charge is -2.12. The minimum Gasteiger partial charge on any atom is -0.326 e. The minimum absolute atomic E-state index is 0.180. The van der Waals surface area contributed by atoms with E-state index in [9.17, 15) is 9.36 Å². The normalized spacial score (nSPS) is 14.7. The molecule has 1 atom stereocenters. The third-order valence-electron chi connectivity index (χ3n) is 2.01. The molecule has 1 rings (SSSR count). The van der Waals surface area contributed by atoms with Gasteiger partial charge in [0.05, 0.1) is 6.16 Å². The van der Waals surface area contributed by atoms with Gasteiger partial charge in [0, 0.05) is 14.0 Å². The molecule has 4 heteroatoms. The van der Waals surface area contributed by atoms with Gasteiger partial charge in [-0.05, 0) is 5.56 Å². The molecule has 0 aromatic heterocycles. The summed E-state index contributed by atoms with van der Waals surface area (Å²) in [6.07, 6.45) is 0.180. The Morgan fingerprint density at radius 2 is 1.93 bits per heavy atom. The summed E-state index contributed by atoms with van der Waals surface area (Å²) in [4.78, 5) is 11.1. The molecule has 0 fully saturated rings. The summed E-state index contributed by atoms with van der Waals surface area (Å²) in [6, 6.07) is 9.21. The van der Waals surface area contributed by atoms with Crippen LogP contribution in [0.3, 0.4) is 0 Å². The van der Waals surface area contributed by atoms with Gasteiger partial charge in [-0.2, -0.15) is 0 Å². The Bertz CT molecular complexity index is 359. The quantitative estimate of drug-likeness (QED) is 0.720. The number of hydrogen-bond acceptors (Lipinski definition) is 3. The van der Waals surface area contributed by atoms with E-state index in [0.717, 1.165) is 5.56 Å². The van der Waals surface area contributed by atoms with Crippen molar-refractivity contribution in [1.29, 1.82) is 0 Å². The molecule has 3 nitrogen and oxygen atoms in total. The van der Waals surface area contributed by atoms with Gasteiger partial charge < -0.3 is 4.52 Å². The molecule has 0 aliphatic carbocycles. The lowest BCUT2D eigenvalue weighted by Crippen LogP contribution is -1.99. The highest BCUT2D eigenvalue weighted by Crippen LogP contribution is 2.49. The summed E-state index contributed by atoms with van der Waals surface area (Å²) in [6.45, 7) is 1.30. The van der Waals surface area contributed by atoms with Crippen molar-refractivity contribution in [3.05, 3.63) is 35.9 Å². The fourth-order valence-electron chi connectivity index (χ4n) is 1.13. The topological polar surface area (TPSA) is 43.4 Å². The smallest absolute Gasteiger partial charge is 0.270 e. The van der Waals surface area contributed by atoms with Crippen LogP contribution in [0.4, 0.5) is 0 Å². The maximum atomic E-state index is 11.9. The van der Waals surface area contributed by atoms with Crippen LogP contribution in [0.1, 0.15) is 12.5 Å². The van der Waals surface area contributed by atoms with Gasteiger partial charge in [-0.25, -0.2) is 0 Å². The largest absolute Gasteiger partial charge is 0.326 e. The van der Waals surface area contributed by atoms with Crippen molar-refractivity contribution in [3.8, 4) is 0 Å². The second-order valence-electron chi connectivity index (χ2n) is 3.02. The van der Waals surface area contributed by atoms with Crippen LogP contribution >= 0.6 is 7.37 Å².